The summed E-state index contributed by atoms with van der Waals surface area (Å²) in [6.07, 6.45) is 0. The van der Waals surface area contributed by atoms with Crippen LogP contribution in [-0.2, 0) is 48.9 Å². The second-order valence-corrected chi connectivity index (χ2v) is 6.12. The Kier molecular flexibility index (Phi) is 14.0. The molecule has 0 saturated carbocycles. The van der Waals surface area contributed by atoms with E-state index in [1.807, 2.05) is 0 Å². The molecule has 0 aromatic carbocycles. The van der Waals surface area contributed by atoms with Crippen LogP contribution in [0.3, 0.4) is 0 Å². The maximum absolute atomic E-state index is 9.29. The van der Waals surface area contributed by atoms with Gasteiger partial charge in [-0.05, 0) is 0 Å². The molecule has 0 radical (unpaired) electrons. The molecule has 0 bridgehead atoms. The van der Waals surface area contributed by atoms with Gasteiger partial charge in [-0.25, -0.2) is 33.7 Å². The van der Waals surface area contributed by atoms with Crippen molar-refractivity contribution in [1.29, 1.82) is 0 Å². The van der Waals surface area contributed by atoms with Crippen LogP contribution in [-0.4, -0.2) is 51.9 Å². The van der Waals surface area contributed by atoms with Gasteiger partial charge in [0.05, 0.1) is 0 Å². The Balaban J connectivity index is -0.000000116. The molecule has 20 heavy (non-hydrogen) atoms. The zero-order chi connectivity index (χ0) is 15.4. The van der Waals surface area contributed by atoms with E-state index in [1.54, 1.807) is 0 Å². The molecule has 20 heteroatoms. The number of hydrogen-bond acceptors (Lipinski definition) is 14. The first-order valence-corrected chi connectivity index (χ1v) is 8.00. The number of rotatable bonds is 4. The van der Waals surface area contributed by atoms with E-state index in [2.05, 4.69) is 7.26 Å². The normalized spacial score (nSPS) is 12.2. The minimum Gasteiger partial charge on any atom is -0.725 e. The van der Waals surface area contributed by atoms with Crippen LogP contribution in [0.4, 0.5) is 0 Å². The van der Waals surface area contributed by atoms with Crippen LogP contribution in [0.5, 0.6) is 0 Å². The molecule has 0 fully saturated rings. The first-order valence-electron chi connectivity index (χ1n) is 2.67. The Hall–Kier alpha value is 0.754. The van der Waals surface area contributed by atoms with Gasteiger partial charge in [0.15, 0.2) is 0 Å². The molecule has 0 aromatic rings. The van der Waals surface area contributed by atoms with Crippen LogP contribution in [0.2, 0.25) is 0 Å². The SMILES string of the molecule is O=S(=O)([O-])OS(=O)(=O)[O-].O=S(=O)([O-])OS(=O)(=O)[O-].[NH4+].[Tm+3]. The summed E-state index contributed by atoms with van der Waals surface area (Å²) in [7, 11) is -21.7. The zero-order valence-electron chi connectivity index (χ0n) is 8.63. The summed E-state index contributed by atoms with van der Waals surface area (Å²) in [5.74, 6) is 0. The van der Waals surface area contributed by atoms with E-state index in [0.717, 1.165) is 0 Å². The molecule has 130 valence electrons. The fourth-order valence-electron chi connectivity index (χ4n) is 0.204. The monoisotopic (exact) mass is 539 g/mol. The van der Waals surface area contributed by atoms with Crippen molar-refractivity contribution < 1.29 is 96.0 Å². The molecule has 0 unspecified atom stereocenters. The van der Waals surface area contributed by atoms with Gasteiger partial charge in [0, 0.05) is 0 Å². The van der Waals surface area contributed by atoms with Crippen molar-refractivity contribution in [3.8, 4) is 0 Å². The van der Waals surface area contributed by atoms with Crippen LogP contribution in [0.25, 0.3) is 0 Å². The van der Waals surface area contributed by atoms with E-state index < -0.39 is 41.6 Å². The third-order valence-corrected chi connectivity index (χ3v) is 3.00. The second kappa shape index (κ2) is 9.71. The summed E-state index contributed by atoms with van der Waals surface area (Å²) in [5.41, 5.74) is 0. The molecule has 15 nitrogen and oxygen atoms in total. The molecule has 0 rings (SSSR count). The summed E-state index contributed by atoms with van der Waals surface area (Å²) in [5, 5.41) is 0. The zero-order valence-corrected chi connectivity index (χ0v) is 13.7. The van der Waals surface area contributed by atoms with Crippen molar-refractivity contribution >= 4 is 41.6 Å². The molecule has 0 aliphatic heterocycles. The smallest absolute Gasteiger partial charge is 0.725 e. The van der Waals surface area contributed by atoms with E-state index >= 15 is 0 Å². The predicted octanol–water partition coefficient (Wildman–Crippen LogP) is -3.78. The van der Waals surface area contributed by atoms with Gasteiger partial charge in [-0.15, -0.1) is 0 Å². The quantitative estimate of drug-likeness (QED) is 0.265. The van der Waals surface area contributed by atoms with Gasteiger partial charge in [0.2, 0.25) is 41.6 Å². The molecule has 4 N–H and O–H groups in total. The molecule has 0 amide bonds. The number of quaternary nitrogens is 1. The molecule has 0 aliphatic carbocycles. The van der Waals surface area contributed by atoms with Gasteiger partial charge in [-0.2, -0.15) is 7.26 Å². The van der Waals surface area contributed by atoms with Gasteiger partial charge >= 0.3 is 36.9 Å². The van der Waals surface area contributed by atoms with E-state index in [0.29, 0.717) is 0 Å². The van der Waals surface area contributed by atoms with E-state index in [9.17, 15) is 51.9 Å². The van der Waals surface area contributed by atoms with Crippen LogP contribution in [0, 0.1) is 36.9 Å². The Morgan fingerprint density at radius 1 is 0.500 bits per heavy atom. The Morgan fingerprint density at radius 2 is 0.600 bits per heavy atom. The fourth-order valence-corrected chi connectivity index (χ4v) is 1.84. The van der Waals surface area contributed by atoms with E-state index in [1.165, 1.54) is 0 Å². The van der Waals surface area contributed by atoms with Crippen LogP contribution in [0.15, 0.2) is 0 Å². The summed E-state index contributed by atoms with van der Waals surface area (Å²) >= 11 is 0. The van der Waals surface area contributed by atoms with Gasteiger partial charge < -0.3 is 24.4 Å². The minimum absolute atomic E-state index is 0. The van der Waals surface area contributed by atoms with Crippen LogP contribution >= 0.6 is 0 Å². The van der Waals surface area contributed by atoms with Crippen molar-refractivity contribution in [2.24, 2.45) is 0 Å². The fraction of sp³-hybridized carbons (Fsp3) is 0. The van der Waals surface area contributed by atoms with Crippen LogP contribution < -0.4 is 6.15 Å². The first kappa shape index (κ1) is 28.9. The van der Waals surface area contributed by atoms with E-state index in [-0.39, 0.29) is 43.0 Å². The summed E-state index contributed by atoms with van der Waals surface area (Å²) in [6.45, 7) is 0. The maximum Gasteiger partial charge on any atom is 3.00 e. The maximum atomic E-state index is 9.29. The topological polar surface area (TPSA) is 284 Å². The average Bonchev–Trinajstić information content (AvgIpc) is 1.64. The Bertz CT molecular complexity index is 537. The molecular weight excluding hydrogens is 535 g/mol. The minimum atomic E-state index is -5.43. The second-order valence-electron chi connectivity index (χ2n) is 1.77. The molecule has 0 aliphatic rings. The van der Waals surface area contributed by atoms with Crippen molar-refractivity contribution in [2.45, 2.75) is 0 Å². The summed E-state index contributed by atoms with van der Waals surface area (Å²) < 4.78 is 116. The Labute approximate surface area is 142 Å². The van der Waals surface area contributed by atoms with Crippen molar-refractivity contribution in [2.75, 3.05) is 0 Å². The largest absolute Gasteiger partial charge is 3.00 e. The van der Waals surface area contributed by atoms with Gasteiger partial charge in [-0.1, -0.05) is 0 Å². The van der Waals surface area contributed by atoms with Crippen molar-refractivity contribution in [3.63, 3.8) is 0 Å². The van der Waals surface area contributed by atoms with Crippen molar-refractivity contribution in [3.05, 3.63) is 0 Å². The molecule has 0 atom stereocenters. The summed E-state index contributed by atoms with van der Waals surface area (Å²) in [6, 6.07) is 0. The molecule has 0 saturated heterocycles. The average molecular weight is 539 g/mol. The Morgan fingerprint density at radius 3 is 0.600 bits per heavy atom. The molecular formula is H4NO14S4Tm. The van der Waals surface area contributed by atoms with Gasteiger partial charge in [0.1, 0.15) is 0 Å². The van der Waals surface area contributed by atoms with Gasteiger partial charge in [0.25, 0.3) is 0 Å². The molecule has 0 aromatic heterocycles. The third-order valence-electron chi connectivity index (χ3n) is 0.333. The molecule has 0 spiro atoms. The van der Waals surface area contributed by atoms with Crippen molar-refractivity contribution in [1.82, 2.24) is 6.15 Å². The predicted molar refractivity (Wildman–Crippen MR) is 46.9 cm³/mol. The number of hydrogen-bond donors (Lipinski definition) is 1. The van der Waals surface area contributed by atoms with Crippen LogP contribution in [0.1, 0.15) is 0 Å². The van der Waals surface area contributed by atoms with E-state index in [4.69, 9.17) is 0 Å². The molecule has 0 heterocycles. The summed E-state index contributed by atoms with van der Waals surface area (Å²) in [4.78, 5) is 0. The van der Waals surface area contributed by atoms with Gasteiger partial charge in [-0.3, -0.25) is 0 Å². The first-order chi connectivity index (χ1) is 7.41. The standard InChI is InChI=1S/H3N.2H2O7S2.Tm/c;2*1-8(2,3)7-9(4,5)6;/h1H3;2*(H,1,2,3)(H,4,5,6);/q;;;+3/p-3. The third kappa shape index (κ3) is 36.3.